The van der Waals surface area contributed by atoms with Crippen LogP contribution in [0.2, 0.25) is 0 Å². The van der Waals surface area contributed by atoms with Crippen molar-refractivity contribution in [3.05, 3.63) is 5.57 Å². The summed E-state index contributed by atoms with van der Waals surface area (Å²) in [6.45, 7) is 5.79. The molecule has 0 aliphatic carbocycles. The number of carboxylic acids is 1. The number of rotatable bonds is 9. The number of carbonyl (C=O) groups is 1. The van der Waals surface area contributed by atoms with Crippen molar-refractivity contribution in [2.45, 2.75) is 33.2 Å². The highest BCUT2D eigenvalue weighted by Crippen LogP contribution is 2.14. The van der Waals surface area contributed by atoms with Gasteiger partial charge < -0.3 is 19.3 Å². The van der Waals surface area contributed by atoms with Crippen LogP contribution in [-0.4, -0.2) is 49.2 Å². The zero-order chi connectivity index (χ0) is 13.3. The normalized spacial score (nSPS) is 12.2. The monoisotopic (exact) mass is 246 g/mol. The molecule has 0 aliphatic heterocycles. The van der Waals surface area contributed by atoms with Crippen molar-refractivity contribution in [2.24, 2.45) is 0 Å². The van der Waals surface area contributed by atoms with Gasteiger partial charge in [-0.15, -0.1) is 0 Å². The third-order valence-electron chi connectivity index (χ3n) is 1.85. The molecular formula is C11H18O6. The lowest BCUT2D eigenvalue weighted by Crippen LogP contribution is -2.35. The molecule has 0 amide bonds. The summed E-state index contributed by atoms with van der Waals surface area (Å²) in [7, 11) is 0. The molecule has 0 heterocycles. The average molecular weight is 246 g/mol. The number of aliphatic carboxylic acids is 1. The van der Waals surface area contributed by atoms with Gasteiger partial charge in [0.15, 0.2) is 12.4 Å². The van der Waals surface area contributed by atoms with Crippen molar-refractivity contribution in [1.82, 2.24) is 0 Å². The SMILES string of the molecule is CCOC(OCC)C(=C=O)C(OCC)C(=O)O. The first-order valence-electron chi connectivity index (χ1n) is 5.44. The minimum atomic E-state index is -1.39. The zero-order valence-electron chi connectivity index (χ0n) is 10.3. The minimum Gasteiger partial charge on any atom is -0.479 e. The van der Waals surface area contributed by atoms with Crippen LogP contribution in [0.25, 0.3) is 0 Å². The van der Waals surface area contributed by atoms with Gasteiger partial charge in [-0.3, -0.25) is 0 Å². The van der Waals surface area contributed by atoms with E-state index in [0.29, 0.717) is 0 Å². The van der Waals surface area contributed by atoms with Crippen LogP contribution >= 0.6 is 0 Å². The second-order valence-corrected chi connectivity index (χ2v) is 2.97. The van der Waals surface area contributed by atoms with Crippen molar-refractivity contribution >= 4 is 11.9 Å². The summed E-state index contributed by atoms with van der Waals surface area (Å²) in [5.74, 6) is 0.280. The second-order valence-electron chi connectivity index (χ2n) is 2.97. The summed E-state index contributed by atoms with van der Waals surface area (Å²) < 4.78 is 15.3. The Morgan fingerprint density at radius 2 is 1.59 bits per heavy atom. The van der Waals surface area contributed by atoms with E-state index in [2.05, 4.69) is 0 Å². The molecule has 98 valence electrons. The van der Waals surface area contributed by atoms with E-state index in [0.717, 1.165) is 0 Å². The van der Waals surface area contributed by atoms with Gasteiger partial charge in [-0.2, -0.15) is 0 Å². The average Bonchev–Trinajstić information content (AvgIpc) is 2.29. The fraction of sp³-hybridized carbons (Fsp3) is 0.727. The molecule has 0 aliphatic rings. The predicted octanol–water partition coefficient (Wildman–Crippen LogP) is 0.633. The third kappa shape index (κ3) is 5.10. The van der Waals surface area contributed by atoms with Crippen LogP contribution in [0.5, 0.6) is 0 Å². The van der Waals surface area contributed by atoms with Crippen molar-refractivity contribution in [3.63, 3.8) is 0 Å². The lowest BCUT2D eigenvalue weighted by molar-refractivity contribution is -0.155. The molecule has 0 rings (SSSR count). The maximum absolute atomic E-state index is 11.0. The second kappa shape index (κ2) is 8.90. The van der Waals surface area contributed by atoms with Gasteiger partial charge in [-0.05, 0) is 20.8 Å². The highest BCUT2D eigenvalue weighted by atomic mass is 16.7. The molecular weight excluding hydrogens is 228 g/mol. The summed E-state index contributed by atoms with van der Waals surface area (Å²) in [6.07, 6.45) is -2.42. The highest BCUT2D eigenvalue weighted by Gasteiger charge is 2.31. The number of hydrogen-bond donors (Lipinski definition) is 1. The fourth-order valence-corrected chi connectivity index (χ4v) is 1.22. The van der Waals surface area contributed by atoms with Crippen LogP contribution in [0.3, 0.4) is 0 Å². The Balaban J connectivity index is 4.97. The van der Waals surface area contributed by atoms with E-state index >= 15 is 0 Å². The van der Waals surface area contributed by atoms with Crippen molar-refractivity contribution in [3.8, 4) is 0 Å². The maximum Gasteiger partial charge on any atom is 0.338 e. The largest absolute Gasteiger partial charge is 0.479 e. The first-order valence-corrected chi connectivity index (χ1v) is 5.44. The third-order valence-corrected chi connectivity index (χ3v) is 1.85. The Morgan fingerprint density at radius 3 is 1.88 bits per heavy atom. The number of hydrogen-bond acceptors (Lipinski definition) is 5. The first-order chi connectivity index (χ1) is 8.12. The molecule has 1 unspecified atom stereocenters. The van der Waals surface area contributed by atoms with Crippen molar-refractivity contribution < 1.29 is 28.9 Å². The lowest BCUT2D eigenvalue weighted by Gasteiger charge is -2.21. The lowest BCUT2D eigenvalue weighted by atomic mass is 10.1. The Kier molecular flexibility index (Phi) is 8.27. The summed E-state index contributed by atoms with van der Waals surface area (Å²) in [4.78, 5) is 21.8. The van der Waals surface area contributed by atoms with Crippen LogP contribution in [0, 0.1) is 0 Å². The topological polar surface area (TPSA) is 82.1 Å². The zero-order valence-corrected chi connectivity index (χ0v) is 10.3. The molecule has 6 nitrogen and oxygen atoms in total. The standard InChI is InChI=1S/C11H18O6/c1-4-15-9(10(13)14)8(7-12)11(16-5-2)17-6-3/h9,11H,4-6H2,1-3H3,(H,13,14). The van der Waals surface area contributed by atoms with Gasteiger partial charge in [-0.25, -0.2) is 9.59 Å². The molecule has 0 fully saturated rings. The summed E-state index contributed by atoms with van der Waals surface area (Å²) in [5, 5.41) is 8.96. The molecule has 0 saturated heterocycles. The molecule has 1 atom stereocenters. The van der Waals surface area contributed by atoms with E-state index in [1.165, 1.54) is 0 Å². The van der Waals surface area contributed by atoms with Crippen LogP contribution < -0.4 is 0 Å². The minimum absolute atomic E-state index is 0.160. The van der Waals surface area contributed by atoms with Crippen LogP contribution in [0.15, 0.2) is 5.57 Å². The van der Waals surface area contributed by atoms with Crippen molar-refractivity contribution in [2.75, 3.05) is 19.8 Å². The number of carboxylic acid groups (broad SMARTS) is 1. The Bertz CT molecular complexity index is 276. The van der Waals surface area contributed by atoms with E-state index in [9.17, 15) is 9.59 Å². The predicted molar refractivity (Wildman–Crippen MR) is 59.3 cm³/mol. The number of carbonyl (C=O) groups excluding carboxylic acids is 1. The van der Waals surface area contributed by atoms with Gasteiger partial charge in [0, 0.05) is 19.8 Å². The van der Waals surface area contributed by atoms with Crippen LogP contribution in [-0.2, 0) is 23.8 Å². The molecule has 0 bridgehead atoms. The Hall–Kier alpha value is -1.20. The molecule has 17 heavy (non-hydrogen) atoms. The summed E-state index contributed by atoms with van der Waals surface area (Å²) >= 11 is 0. The van der Waals surface area contributed by atoms with E-state index in [-0.39, 0.29) is 25.4 Å². The van der Waals surface area contributed by atoms with Crippen LogP contribution in [0.1, 0.15) is 20.8 Å². The Morgan fingerprint density at radius 1 is 1.12 bits per heavy atom. The highest BCUT2D eigenvalue weighted by molar-refractivity contribution is 5.80. The van der Waals surface area contributed by atoms with Gasteiger partial charge >= 0.3 is 5.97 Å². The molecule has 0 radical (unpaired) electrons. The van der Waals surface area contributed by atoms with Crippen molar-refractivity contribution in [1.29, 1.82) is 0 Å². The van der Waals surface area contributed by atoms with Gasteiger partial charge in [0.05, 0.1) is 0 Å². The van der Waals surface area contributed by atoms with E-state index in [1.807, 2.05) is 0 Å². The van der Waals surface area contributed by atoms with E-state index in [1.54, 1.807) is 26.7 Å². The fourth-order valence-electron chi connectivity index (χ4n) is 1.22. The molecule has 6 heteroatoms. The maximum atomic E-state index is 11.0. The van der Waals surface area contributed by atoms with Gasteiger partial charge in [0.25, 0.3) is 0 Å². The molecule has 0 aromatic rings. The molecule has 1 N–H and O–H groups in total. The van der Waals surface area contributed by atoms with Gasteiger partial charge in [0.1, 0.15) is 11.5 Å². The molecule has 0 aromatic carbocycles. The quantitative estimate of drug-likeness (QED) is 0.474. The summed E-state index contributed by atoms with van der Waals surface area (Å²) in [5.41, 5.74) is -0.192. The number of ether oxygens (including phenoxy) is 3. The summed E-state index contributed by atoms with van der Waals surface area (Å²) in [6, 6.07) is 0. The molecule has 0 aromatic heterocycles. The Labute approximate surface area is 100 Å². The van der Waals surface area contributed by atoms with Gasteiger partial charge in [0.2, 0.25) is 0 Å². The van der Waals surface area contributed by atoms with E-state index in [4.69, 9.17) is 19.3 Å². The first kappa shape index (κ1) is 15.8. The van der Waals surface area contributed by atoms with E-state index < -0.39 is 18.4 Å². The molecule has 0 spiro atoms. The van der Waals surface area contributed by atoms with Crippen LogP contribution in [0.4, 0.5) is 0 Å². The van der Waals surface area contributed by atoms with Gasteiger partial charge in [-0.1, -0.05) is 0 Å². The molecule has 0 saturated carbocycles. The smallest absolute Gasteiger partial charge is 0.338 e.